The molecule has 8 aromatic carbocycles. The molecule has 106 heavy (non-hydrogen) atoms. The number of phenolic OH excluding ortho intramolecular Hbond substituents is 1. The summed E-state index contributed by atoms with van der Waals surface area (Å²) in [6.45, 7) is 18.5. The molecule has 0 aliphatic rings. The topological polar surface area (TPSA) is 183 Å². The number of non-ortho nitro benzene ring substituents is 2. The molecule has 12 nitrogen and oxygen atoms in total. The molecule has 0 atom stereocenters. The first kappa shape index (κ1) is 87.3. The number of nitro groups is 2. The number of phenols is 1. The Hall–Kier alpha value is -11.1. The number of aryl methyl sites for hydroxylation is 7. The number of rotatable bonds is 18. The van der Waals surface area contributed by atoms with Gasteiger partial charge >= 0.3 is 5.51 Å². The number of nitrogens with zero attached hydrogens (tertiary/aromatic N) is 3. The van der Waals surface area contributed by atoms with Gasteiger partial charge in [-0.3, -0.25) is 20.2 Å². The molecule has 554 valence electrons. The van der Waals surface area contributed by atoms with Crippen LogP contribution in [0.3, 0.4) is 0 Å². The largest absolute Gasteiger partial charge is 0.508 e. The molecule has 0 aliphatic carbocycles. The third-order valence-corrected chi connectivity index (χ3v) is 16.6. The molecule has 0 saturated heterocycles. The minimum absolute atomic E-state index is 0.0697. The van der Waals surface area contributed by atoms with E-state index in [0.717, 1.165) is 120 Å². The molecule has 0 unspecified atom stereocenters. The van der Waals surface area contributed by atoms with Crippen molar-refractivity contribution in [3.05, 3.63) is 349 Å². The molecule has 1 N–H and O–H groups in total. The van der Waals surface area contributed by atoms with E-state index >= 15 is 0 Å². The maximum absolute atomic E-state index is 11.9. The number of nitro benzene ring substituents is 2. The van der Waals surface area contributed by atoms with Gasteiger partial charge in [-0.05, 0) is 224 Å². The number of hydrogen-bond donors (Lipinski definition) is 1. The van der Waals surface area contributed by atoms with Crippen LogP contribution in [0, 0.1) is 31.6 Å². The number of fused-ring (bicyclic) bond motifs is 1. The molecule has 12 aromatic rings. The maximum Gasteiger partial charge on any atom is 0.446 e. The van der Waals surface area contributed by atoms with Crippen LogP contribution >= 0.6 is 23.5 Å². The van der Waals surface area contributed by atoms with Gasteiger partial charge in [-0.25, -0.2) is 0 Å². The standard InChI is InChI=1S/C14H14O.C12H11NO3.C12H12O.C9H9F3S.C9H9N.C9H12S.C8H9NO2.2C8H10O/c1-2-13-10-11-14(15-13)9-8-12-6-4-3-5-7-12;1-2-11-7-8-12(16-11)9-3-5-10(6-4-9)13(14)15;1-2-3-7-11-9-10-6-4-5-8-12(10)13-11;1-2-7-4-3-5-8(6-7)13-9(10,11)12;1-2-8-4-3-5-9(6-8)7-10;1-3-8-4-6-9(10-2)7-5-8;1-2-7-4-3-5-8(6-7)9(10)11;1-2-7-4-3-5-8(9)6-7;1-2-3-5-8-6-4-7-9-8/h3-11H,2H2,1H3;3-8H,2H2,1H3;3-9H,2H2,1H3;3-6H,2H2,1H3;3-6H,2H2,1H3;4-7H,3H2,1-2H3;3-6H,2H2,1H3;3-6,9H,2H2,1H3;3-7H,2H2,1H3/b9-8+;;7-3+;;;;;;5-3+. The molecule has 0 aliphatic heterocycles. The average molecular weight is 1470 g/mol. The van der Waals surface area contributed by atoms with Gasteiger partial charge < -0.3 is 22.8 Å². The summed E-state index contributed by atoms with van der Waals surface area (Å²) in [5.74, 6) is 5.81. The van der Waals surface area contributed by atoms with Gasteiger partial charge in [-0.2, -0.15) is 18.4 Å². The van der Waals surface area contributed by atoms with Gasteiger partial charge in [-0.1, -0.05) is 190 Å². The van der Waals surface area contributed by atoms with Gasteiger partial charge in [0.15, 0.2) is 0 Å². The maximum atomic E-state index is 11.9. The predicted octanol–water partition coefficient (Wildman–Crippen LogP) is 27.1. The van der Waals surface area contributed by atoms with Crippen molar-refractivity contribution in [2.45, 2.75) is 135 Å². The van der Waals surface area contributed by atoms with Gasteiger partial charge in [0, 0.05) is 57.8 Å². The van der Waals surface area contributed by atoms with Crippen molar-refractivity contribution in [1.29, 1.82) is 5.26 Å². The molecule has 4 aromatic heterocycles. The summed E-state index contributed by atoms with van der Waals surface area (Å²) in [7, 11) is 0. The molecule has 0 radical (unpaired) electrons. The Labute approximate surface area is 631 Å². The van der Waals surface area contributed by atoms with Crippen molar-refractivity contribution >= 4 is 70.2 Å². The minimum Gasteiger partial charge on any atom is -0.508 e. The Kier molecular flexibility index (Phi) is 41.5. The second-order valence-electron chi connectivity index (χ2n) is 22.9. The van der Waals surface area contributed by atoms with E-state index in [0.29, 0.717) is 5.75 Å². The van der Waals surface area contributed by atoms with E-state index in [-0.39, 0.29) is 33.0 Å². The molecule has 0 saturated carbocycles. The van der Waals surface area contributed by atoms with Crippen LogP contribution in [0.25, 0.3) is 46.6 Å². The summed E-state index contributed by atoms with van der Waals surface area (Å²) in [6, 6.07) is 77.3. The Morgan fingerprint density at radius 3 is 1.55 bits per heavy atom. The summed E-state index contributed by atoms with van der Waals surface area (Å²) in [5.41, 5.74) is 5.55. The SMILES string of the molecule is CC/C=C/c1cc2ccccc2o1.CC/C=C/c1ccco1.CCc1ccc(-c2ccc([N+](=O)[O-])cc2)o1.CCc1ccc(/C=C/c2ccccc2)o1.CCc1ccc(SC)cc1.CCc1cccc(C#N)c1.CCc1cccc(O)c1.CCc1cccc(SC(F)(F)F)c1.CCc1cccc([N+](=O)[O-])c1. The van der Waals surface area contributed by atoms with Gasteiger partial charge in [0.1, 0.15) is 45.9 Å². The summed E-state index contributed by atoms with van der Waals surface area (Å²) in [4.78, 5) is 21.6. The fourth-order valence-electron chi connectivity index (χ4n) is 9.18. The first-order chi connectivity index (χ1) is 51.2. The van der Waals surface area contributed by atoms with Gasteiger partial charge in [-0.15, -0.1) is 11.8 Å². The monoisotopic (exact) mass is 1470 g/mol. The number of alkyl halides is 3. The molecule has 0 bridgehead atoms. The van der Waals surface area contributed by atoms with Crippen LogP contribution < -0.4 is 0 Å². The summed E-state index contributed by atoms with van der Waals surface area (Å²) < 4.78 is 57.6. The van der Waals surface area contributed by atoms with Crippen LogP contribution in [-0.2, 0) is 44.9 Å². The normalized spacial score (nSPS) is 10.4. The first-order valence-corrected chi connectivity index (χ1v) is 37.2. The highest BCUT2D eigenvalue weighted by atomic mass is 32.2. The number of nitriles is 1. The van der Waals surface area contributed by atoms with E-state index in [9.17, 15) is 33.4 Å². The van der Waals surface area contributed by atoms with E-state index < -0.39 is 10.4 Å². The van der Waals surface area contributed by atoms with E-state index in [1.54, 1.807) is 66.6 Å². The van der Waals surface area contributed by atoms with E-state index in [2.05, 4.69) is 121 Å². The lowest BCUT2D eigenvalue weighted by Crippen LogP contribution is -1.99. The third kappa shape index (κ3) is 35.4. The Bertz CT molecular complexity index is 4490. The van der Waals surface area contributed by atoms with Gasteiger partial charge in [0.05, 0.1) is 27.7 Å². The Morgan fingerprint density at radius 2 is 1.02 bits per heavy atom. The van der Waals surface area contributed by atoms with Crippen molar-refractivity contribution in [2.24, 2.45) is 0 Å². The zero-order chi connectivity index (χ0) is 77.3. The predicted molar refractivity (Wildman–Crippen MR) is 433 cm³/mol. The van der Waals surface area contributed by atoms with Crippen molar-refractivity contribution in [3.63, 3.8) is 0 Å². The lowest BCUT2D eigenvalue weighted by Gasteiger charge is -2.06. The smallest absolute Gasteiger partial charge is 0.446 e. The minimum atomic E-state index is -4.19. The van der Waals surface area contributed by atoms with Gasteiger partial charge in [0.2, 0.25) is 0 Å². The number of allylic oxidation sites excluding steroid dienone is 2. The number of para-hydroxylation sites is 1. The molecule has 0 spiro atoms. The lowest BCUT2D eigenvalue weighted by molar-refractivity contribution is -0.385. The summed E-state index contributed by atoms with van der Waals surface area (Å²) in [6.07, 6.45) is 24.6. The second-order valence-corrected chi connectivity index (χ2v) is 24.9. The summed E-state index contributed by atoms with van der Waals surface area (Å²) >= 11 is 1.72. The molecular weight excluding hydrogens is 1380 g/mol. The van der Waals surface area contributed by atoms with E-state index in [1.165, 1.54) is 56.8 Å². The number of furan rings is 4. The second kappa shape index (κ2) is 50.4. The molecule has 4 heterocycles. The number of benzene rings is 8. The third-order valence-electron chi connectivity index (χ3n) is 15.1. The zero-order valence-electron chi connectivity index (χ0n) is 62.0. The quantitative estimate of drug-likeness (QED) is 0.0488. The van der Waals surface area contributed by atoms with E-state index in [4.69, 9.17) is 28.0 Å². The van der Waals surface area contributed by atoms with Crippen molar-refractivity contribution in [3.8, 4) is 23.1 Å². The lowest BCUT2D eigenvalue weighted by atomic mass is 10.1. The molecule has 0 amide bonds. The van der Waals surface area contributed by atoms with Crippen LogP contribution in [0.1, 0.15) is 143 Å². The molecule has 17 heteroatoms. The molecule has 12 rings (SSSR count). The van der Waals surface area contributed by atoms with Gasteiger partial charge in [0.25, 0.3) is 11.4 Å². The Balaban J connectivity index is 0.000000254. The van der Waals surface area contributed by atoms with Crippen LogP contribution in [-0.4, -0.2) is 26.7 Å². The average Bonchev–Trinajstić information content (AvgIpc) is 1.69. The highest BCUT2D eigenvalue weighted by molar-refractivity contribution is 8.00. The highest BCUT2D eigenvalue weighted by Gasteiger charge is 2.29. The van der Waals surface area contributed by atoms with Crippen molar-refractivity contribution < 1.29 is 45.8 Å². The van der Waals surface area contributed by atoms with Crippen LogP contribution in [0.4, 0.5) is 24.5 Å². The van der Waals surface area contributed by atoms with Crippen LogP contribution in [0.5, 0.6) is 5.75 Å². The molecular formula is C89H96F3N3O9S2. The Morgan fingerprint density at radius 1 is 0.462 bits per heavy atom. The highest BCUT2D eigenvalue weighted by Crippen LogP contribution is 2.37. The van der Waals surface area contributed by atoms with Crippen molar-refractivity contribution in [1.82, 2.24) is 0 Å². The zero-order valence-corrected chi connectivity index (χ0v) is 63.6. The fourth-order valence-corrected chi connectivity index (χ4v) is 10.2. The summed E-state index contributed by atoms with van der Waals surface area (Å²) in [5, 5.41) is 39.4. The number of hydrogen-bond acceptors (Lipinski definition) is 12. The number of aromatic hydroxyl groups is 1. The van der Waals surface area contributed by atoms with E-state index in [1.807, 2.05) is 160 Å². The van der Waals surface area contributed by atoms with Crippen molar-refractivity contribution in [2.75, 3.05) is 6.26 Å². The van der Waals surface area contributed by atoms with Crippen LogP contribution in [0.2, 0.25) is 0 Å². The first-order valence-electron chi connectivity index (χ1n) is 35.2. The number of thioether (sulfide) groups is 2. The number of halogens is 3. The molecule has 0 fully saturated rings. The fraction of sp³-hybridized carbons (Fsp3) is 0.225. The van der Waals surface area contributed by atoms with Crippen LogP contribution in [0.15, 0.2) is 289 Å².